The molecular formula is C38H58N6O9S. The van der Waals surface area contributed by atoms with Crippen molar-refractivity contribution in [3.05, 3.63) is 46.6 Å². The van der Waals surface area contributed by atoms with E-state index in [0.717, 1.165) is 44.1 Å². The second kappa shape index (κ2) is 21.0. The molecule has 54 heavy (non-hydrogen) atoms. The second-order valence-electron chi connectivity index (χ2n) is 14.4. The van der Waals surface area contributed by atoms with Gasteiger partial charge in [0, 0.05) is 44.7 Å². The van der Waals surface area contributed by atoms with E-state index in [4.69, 9.17) is 19.2 Å². The Morgan fingerprint density at radius 3 is 2.30 bits per heavy atom. The summed E-state index contributed by atoms with van der Waals surface area (Å²) in [6.07, 6.45) is 5.01. The third-order valence-corrected chi connectivity index (χ3v) is 10.3. The smallest absolute Gasteiger partial charge is 0.416 e. The van der Waals surface area contributed by atoms with Crippen molar-refractivity contribution in [2.45, 2.75) is 109 Å². The summed E-state index contributed by atoms with van der Waals surface area (Å²) in [5, 5.41) is 8.41. The van der Waals surface area contributed by atoms with Gasteiger partial charge in [0.05, 0.1) is 18.6 Å². The first-order chi connectivity index (χ1) is 25.5. The molecular weight excluding hydrogens is 717 g/mol. The zero-order valence-electron chi connectivity index (χ0n) is 32.8. The van der Waals surface area contributed by atoms with Gasteiger partial charge in [-0.05, 0) is 115 Å². The summed E-state index contributed by atoms with van der Waals surface area (Å²) in [7, 11) is -1.26. The van der Waals surface area contributed by atoms with Gasteiger partial charge in [0.2, 0.25) is 21.8 Å². The lowest BCUT2D eigenvalue weighted by Crippen LogP contribution is -2.49. The number of nitrogens with one attached hydrogen (secondary N) is 4. The summed E-state index contributed by atoms with van der Waals surface area (Å²) >= 11 is 0. The van der Waals surface area contributed by atoms with E-state index >= 15 is 0 Å². The zero-order valence-corrected chi connectivity index (χ0v) is 33.6. The molecule has 1 aromatic carbocycles. The predicted octanol–water partition coefficient (Wildman–Crippen LogP) is 3.62. The number of pyridine rings is 1. The number of hydrogen-bond donors (Lipinski definition) is 4. The lowest BCUT2D eigenvalue weighted by atomic mass is 10.0. The Labute approximate surface area is 319 Å². The summed E-state index contributed by atoms with van der Waals surface area (Å²) in [5.74, 6) is -0.139. The highest BCUT2D eigenvalue weighted by molar-refractivity contribution is 7.89. The highest BCUT2D eigenvalue weighted by Gasteiger charge is 2.30. The first kappa shape index (κ1) is 44.1. The zero-order chi connectivity index (χ0) is 39.9. The van der Waals surface area contributed by atoms with Crippen molar-refractivity contribution in [3.63, 3.8) is 0 Å². The fraction of sp³-hybridized carbons (Fsp3) is 0.605. The third kappa shape index (κ3) is 14.2. The van der Waals surface area contributed by atoms with E-state index < -0.39 is 33.7 Å². The molecule has 3 amide bonds. The van der Waals surface area contributed by atoms with E-state index in [1.807, 2.05) is 32.9 Å². The quantitative estimate of drug-likeness (QED) is 0.113. The van der Waals surface area contributed by atoms with Crippen molar-refractivity contribution in [2.24, 2.45) is 0 Å². The minimum absolute atomic E-state index is 0.00930. The van der Waals surface area contributed by atoms with Gasteiger partial charge >= 0.3 is 12.1 Å². The van der Waals surface area contributed by atoms with Crippen LogP contribution < -0.4 is 30.3 Å². The van der Waals surface area contributed by atoms with Crippen molar-refractivity contribution in [3.8, 4) is 5.75 Å². The molecule has 4 N–H and O–H groups in total. The molecule has 0 unspecified atom stereocenters. The van der Waals surface area contributed by atoms with Crippen molar-refractivity contribution >= 4 is 39.7 Å². The molecule has 0 fully saturated rings. The van der Waals surface area contributed by atoms with Crippen LogP contribution in [0.3, 0.4) is 0 Å². The number of carbonyl (C=O) groups excluding carboxylic acids is 4. The third-order valence-electron chi connectivity index (χ3n) is 8.55. The van der Waals surface area contributed by atoms with Crippen LogP contribution >= 0.6 is 0 Å². The number of anilines is 1. The molecule has 1 atom stereocenters. The largest absolute Gasteiger partial charge is 0.494 e. The topological polar surface area (TPSA) is 194 Å². The molecule has 1 aliphatic heterocycles. The van der Waals surface area contributed by atoms with E-state index in [9.17, 15) is 27.6 Å². The highest BCUT2D eigenvalue weighted by Crippen LogP contribution is 2.28. The number of benzene rings is 1. The molecule has 15 nitrogen and oxygen atoms in total. The van der Waals surface area contributed by atoms with E-state index in [0.29, 0.717) is 68.0 Å². The average molecular weight is 775 g/mol. The van der Waals surface area contributed by atoms with E-state index in [2.05, 4.69) is 20.7 Å². The van der Waals surface area contributed by atoms with Crippen LogP contribution in [0.5, 0.6) is 5.75 Å². The number of methoxy groups -OCH3 is 1. The molecule has 1 aliphatic rings. The number of sulfonamides is 1. The predicted molar refractivity (Wildman–Crippen MR) is 205 cm³/mol. The Bertz CT molecular complexity index is 1690. The fourth-order valence-corrected chi connectivity index (χ4v) is 7.64. The number of aryl methyl sites for hydroxylation is 4. The molecule has 0 bridgehead atoms. The van der Waals surface area contributed by atoms with Crippen LogP contribution in [0.4, 0.5) is 10.6 Å². The molecule has 0 aliphatic carbocycles. The molecule has 0 spiro atoms. The lowest BCUT2D eigenvalue weighted by Gasteiger charge is -2.31. The number of carbonyl (C=O) groups is 4. The second-order valence-corrected chi connectivity index (χ2v) is 16.0. The summed E-state index contributed by atoms with van der Waals surface area (Å²) in [5.41, 5.74) is 2.07. The minimum Gasteiger partial charge on any atom is -0.494 e. The highest BCUT2D eigenvalue weighted by atomic mass is 32.2. The van der Waals surface area contributed by atoms with Crippen molar-refractivity contribution in [2.75, 3.05) is 51.8 Å². The number of rotatable bonds is 20. The minimum atomic E-state index is -4.21. The van der Waals surface area contributed by atoms with E-state index in [-0.39, 0.29) is 36.3 Å². The lowest BCUT2D eigenvalue weighted by molar-refractivity contribution is -0.142. The fourth-order valence-electron chi connectivity index (χ4n) is 6.00. The Morgan fingerprint density at radius 2 is 1.63 bits per heavy atom. The molecule has 300 valence electrons. The van der Waals surface area contributed by atoms with Crippen LogP contribution in [0.15, 0.2) is 29.2 Å². The van der Waals surface area contributed by atoms with Gasteiger partial charge in [-0.25, -0.2) is 18.2 Å². The van der Waals surface area contributed by atoms with Gasteiger partial charge in [0.1, 0.15) is 23.2 Å². The summed E-state index contributed by atoms with van der Waals surface area (Å²) in [6, 6.07) is 5.81. The molecule has 2 heterocycles. The van der Waals surface area contributed by atoms with Gasteiger partial charge in [-0.15, -0.1) is 0 Å². The molecule has 0 radical (unpaired) electrons. The first-order valence-corrected chi connectivity index (χ1v) is 20.0. The number of aromatic nitrogens is 1. The molecule has 0 saturated carbocycles. The number of ether oxygens (including phenoxy) is 3. The van der Waals surface area contributed by atoms with Gasteiger partial charge < -0.3 is 30.2 Å². The van der Waals surface area contributed by atoms with Crippen molar-refractivity contribution in [1.29, 1.82) is 0 Å². The van der Waals surface area contributed by atoms with Crippen LogP contribution in [0, 0.1) is 13.8 Å². The number of likely N-dealkylation sites (N-methyl/N-ethyl adjacent to an activating group) is 1. The van der Waals surface area contributed by atoms with Crippen LogP contribution in [0.25, 0.3) is 0 Å². The van der Waals surface area contributed by atoms with Gasteiger partial charge in [0.25, 0.3) is 0 Å². The Morgan fingerprint density at radius 1 is 0.944 bits per heavy atom. The molecule has 16 heteroatoms. The van der Waals surface area contributed by atoms with Crippen LogP contribution in [-0.4, -0.2) is 95.9 Å². The SMILES string of the molecule is CNCCNC(=O)CCCOc1cc(C)c(S(=O)(=O)N[C@@H](CNC(=O)CCCCCc2ccc3c(n2)N(C(=O)OC(C)(C)C)CCC3)C(=O)OC)c(C)c1. The monoisotopic (exact) mass is 774 g/mol. The first-order valence-electron chi connectivity index (χ1n) is 18.6. The molecule has 1 aromatic heterocycles. The molecule has 2 aromatic rings. The Hall–Kier alpha value is -4.28. The van der Waals surface area contributed by atoms with Crippen molar-refractivity contribution < 1.29 is 41.8 Å². The van der Waals surface area contributed by atoms with Crippen LogP contribution in [0.1, 0.15) is 88.1 Å². The van der Waals surface area contributed by atoms with Gasteiger partial charge in [0.15, 0.2) is 0 Å². The average Bonchev–Trinajstić information content (AvgIpc) is 3.10. The normalized spacial score (nSPS) is 13.4. The molecule has 0 saturated heterocycles. The van der Waals surface area contributed by atoms with Crippen molar-refractivity contribution in [1.82, 2.24) is 25.7 Å². The molecule has 3 rings (SSSR count). The number of unbranched alkanes of at least 4 members (excludes halogenated alkanes) is 2. The van der Waals surface area contributed by atoms with Gasteiger partial charge in [-0.1, -0.05) is 12.5 Å². The maximum absolute atomic E-state index is 13.5. The summed E-state index contributed by atoms with van der Waals surface area (Å²) < 4.78 is 45.6. The number of fused-ring (bicyclic) bond motifs is 1. The Balaban J connectivity index is 1.48. The van der Waals surface area contributed by atoms with E-state index in [1.54, 1.807) is 37.9 Å². The number of esters is 1. The maximum Gasteiger partial charge on any atom is 0.416 e. The maximum atomic E-state index is 13.5. The Kier molecular flexibility index (Phi) is 17.1. The number of amides is 3. The standard InChI is InChI=1S/C38H58N6O9S/c1-26-23-30(52-22-12-16-32(45)40-20-19-39-6)24-27(2)34(26)54(49,50)43-31(36(47)51-7)25-41-33(46)15-10-8-9-14-29-18-17-28-13-11-21-44(35(28)42-29)37(48)53-38(3,4)5/h17-18,23-24,31,39,43H,8-16,19-22,25H2,1-7H3,(H,40,45)(H,41,46)/t31-/m0/s1. The van der Waals surface area contributed by atoms with Gasteiger partial charge in [-0.2, -0.15) is 4.72 Å². The number of hydrogen-bond acceptors (Lipinski definition) is 11. The van der Waals surface area contributed by atoms with Crippen LogP contribution in [-0.2, 0) is 46.7 Å². The van der Waals surface area contributed by atoms with E-state index in [1.165, 1.54) is 0 Å². The summed E-state index contributed by atoms with van der Waals surface area (Å²) in [4.78, 5) is 56.3. The summed E-state index contributed by atoms with van der Waals surface area (Å²) in [6.45, 7) is 10.5. The number of nitrogens with zero attached hydrogens (tertiary/aromatic N) is 2. The van der Waals surface area contributed by atoms with Crippen LogP contribution in [0.2, 0.25) is 0 Å². The van der Waals surface area contributed by atoms with Gasteiger partial charge in [-0.3, -0.25) is 19.3 Å².